The van der Waals surface area contributed by atoms with Crippen LogP contribution in [-0.4, -0.2) is 41.0 Å². The molecular formula is C6H13NO3S. The van der Waals surface area contributed by atoms with Crippen LogP contribution >= 0.6 is 11.8 Å². The highest BCUT2D eigenvalue weighted by molar-refractivity contribution is 7.99. The summed E-state index contributed by atoms with van der Waals surface area (Å²) in [6.07, 6.45) is -0.158. The molecule has 0 aliphatic heterocycles. The van der Waals surface area contributed by atoms with Crippen molar-refractivity contribution in [1.82, 2.24) is 5.32 Å². The van der Waals surface area contributed by atoms with E-state index >= 15 is 0 Å². The molecule has 0 atom stereocenters. The fourth-order valence-electron chi connectivity index (χ4n) is 0.536. The summed E-state index contributed by atoms with van der Waals surface area (Å²) in [5.41, 5.74) is 0. The lowest BCUT2D eigenvalue weighted by Crippen LogP contribution is -2.22. The Morgan fingerprint density at radius 3 is 2.73 bits per heavy atom. The zero-order valence-corrected chi connectivity index (χ0v) is 7.06. The average molecular weight is 179 g/mol. The van der Waals surface area contributed by atoms with Gasteiger partial charge in [0.1, 0.15) is 0 Å². The van der Waals surface area contributed by atoms with E-state index in [1.165, 1.54) is 0 Å². The van der Waals surface area contributed by atoms with E-state index in [1.807, 2.05) is 0 Å². The molecule has 0 aromatic rings. The predicted molar refractivity (Wildman–Crippen MR) is 45.1 cm³/mol. The highest BCUT2D eigenvalue weighted by Crippen LogP contribution is 1.99. The molecule has 0 bridgehead atoms. The predicted octanol–water partition coefficient (Wildman–Crippen LogP) is 0.370. The molecule has 0 radical (unpaired) electrons. The molecule has 11 heavy (non-hydrogen) atoms. The first kappa shape index (κ1) is 10.6. The van der Waals surface area contributed by atoms with Crippen molar-refractivity contribution in [1.29, 1.82) is 0 Å². The second-order valence-corrected chi connectivity index (χ2v) is 3.15. The van der Waals surface area contributed by atoms with Gasteiger partial charge in [-0.15, -0.1) is 0 Å². The van der Waals surface area contributed by atoms with Crippen LogP contribution in [0, 0.1) is 0 Å². The summed E-state index contributed by atoms with van der Waals surface area (Å²) >= 11 is 1.62. The van der Waals surface area contributed by atoms with E-state index in [4.69, 9.17) is 10.2 Å². The molecule has 0 aliphatic carbocycles. The van der Waals surface area contributed by atoms with Crippen LogP contribution in [0.2, 0.25) is 0 Å². The average Bonchev–Trinajstić information content (AvgIpc) is 1.96. The molecule has 3 N–H and O–H groups in total. The van der Waals surface area contributed by atoms with Crippen LogP contribution in [0.4, 0.5) is 4.79 Å². The number of aliphatic hydroxyl groups is 1. The number of rotatable bonds is 6. The largest absolute Gasteiger partial charge is 0.465 e. The summed E-state index contributed by atoms with van der Waals surface area (Å²) in [6.45, 7) is 0.685. The van der Waals surface area contributed by atoms with E-state index in [0.717, 1.165) is 17.9 Å². The second-order valence-electron chi connectivity index (χ2n) is 1.92. The Bertz CT molecular complexity index is 110. The minimum atomic E-state index is -0.975. The molecule has 0 aliphatic rings. The van der Waals surface area contributed by atoms with Crippen molar-refractivity contribution < 1.29 is 15.0 Å². The molecule has 66 valence electrons. The number of nitrogens with one attached hydrogen (secondary N) is 1. The zero-order valence-electron chi connectivity index (χ0n) is 6.25. The fraction of sp³-hybridized carbons (Fsp3) is 0.833. The van der Waals surface area contributed by atoms with Gasteiger partial charge in [-0.1, -0.05) is 0 Å². The van der Waals surface area contributed by atoms with Crippen LogP contribution in [0.5, 0.6) is 0 Å². The second kappa shape index (κ2) is 7.68. The molecule has 5 heteroatoms. The Labute approximate surface area is 70.0 Å². The Kier molecular flexibility index (Phi) is 7.39. The van der Waals surface area contributed by atoms with Crippen LogP contribution in [-0.2, 0) is 0 Å². The van der Waals surface area contributed by atoms with Crippen LogP contribution in [0.3, 0.4) is 0 Å². The maximum absolute atomic E-state index is 9.93. The van der Waals surface area contributed by atoms with Crippen molar-refractivity contribution in [3.8, 4) is 0 Å². The maximum Gasteiger partial charge on any atom is 0.404 e. The maximum atomic E-state index is 9.93. The van der Waals surface area contributed by atoms with Crippen LogP contribution in [0.15, 0.2) is 0 Å². The van der Waals surface area contributed by atoms with Crippen molar-refractivity contribution >= 4 is 17.9 Å². The molecule has 4 nitrogen and oxygen atoms in total. The van der Waals surface area contributed by atoms with Crippen molar-refractivity contribution in [2.45, 2.75) is 6.42 Å². The Hall–Kier alpha value is -0.420. The lowest BCUT2D eigenvalue weighted by atomic mass is 10.5. The molecule has 0 heterocycles. The lowest BCUT2D eigenvalue weighted by molar-refractivity contribution is 0.194. The smallest absolute Gasteiger partial charge is 0.404 e. The fourth-order valence-corrected chi connectivity index (χ4v) is 1.22. The van der Waals surface area contributed by atoms with Crippen molar-refractivity contribution in [2.75, 3.05) is 24.7 Å². The van der Waals surface area contributed by atoms with Gasteiger partial charge in [-0.3, -0.25) is 0 Å². The van der Waals surface area contributed by atoms with Crippen molar-refractivity contribution in [2.24, 2.45) is 0 Å². The number of thioether (sulfide) groups is 1. The van der Waals surface area contributed by atoms with E-state index in [-0.39, 0.29) is 6.61 Å². The van der Waals surface area contributed by atoms with E-state index in [1.54, 1.807) is 11.8 Å². The van der Waals surface area contributed by atoms with Gasteiger partial charge in [0.2, 0.25) is 0 Å². The number of carbonyl (C=O) groups is 1. The number of amides is 1. The number of aliphatic hydroxyl groups excluding tert-OH is 1. The van der Waals surface area contributed by atoms with E-state index < -0.39 is 6.09 Å². The monoisotopic (exact) mass is 179 g/mol. The molecule has 0 fully saturated rings. The van der Waals surface area contributed by atoms with Gasteiger partial charge in [0.05, 0.1) is 6.61 Å². The SMILES string of the molecule is O=C(O)NCCCSCCO. The van der Waals surface area contributed by atoms with Crippen LogP contribution in [0.25, 0.3) is 0 Å². The van der Waals surface area contributed by atoms with Crippen LogP contribution < -0.4 is 5.32 Å². The minimum absolute atomic E-state index is 0.191. The van der Waals surface area contributed by atoms with Gasteiger partial charge in [-0.05, 0) is 12.2 Å². The molecule has 0 spiro atoms. The standard InChI is InChI=1S/C6H13NO3S/c8-3-5-11-4-1-2-7-6(9)10/h7-8H,1-5H2,(H,9,10). The summed E-state index contributed by atoms with van der Waals surface area (Å²) in [6, 6.07) is 0. The quantitative estimate of drug-likeness (QED) is 0.515. The topological polar surface area (TPSA) is 69.6 Å². The Morgan fingerprint density at radius 1 is 1.45 bits per heavy atom. The number of hydrogen-bond donors (Lipinski definition) is 3. The molecule has 0 aromatic carbocycles. The molecule has 0 aromatic heterocycles. The third kappa shape index (κ3) is 9.58. The normalized spacial score (nSPS) is 9.55. The minimum Gasteiger partial charge on any atom is -0.465 e. The van der Waals surface area contributed by atoms with Gasteiger partial charge < -0.3 is 15.5 Å². The highest BCUT2D eigenvalue weighted by Gasteiger charge is 1.92. The summed E-state index contributed by atoms with van der Waals surface area (Å²) in [5.74, 6) is 1.62. The van der Waals surface area contributed by atoms with Crippen LogP contribution in [0.1, 0.15) is 6.42 Å². The van der Waals surface area contributed by atoms with Gasteiger partial charge in [-0.25, -0.2) is 4.79 Å². The lowest BCUT2D eigenvalue weighted by Gasteiger charge is -1.99. The summed E-state index contributed by atoms with van der Waals surface area (Å²) in [5, 5.41) is 18.8. The first-order valence-electron chi connectivity index (χ1n) is 3.42. The van der Waals surface area contributed by atoms with Gasteiger partial charge in [-0.2, -0.15) is 11.8 Å². The van der Waals surface area contributed by atoms with Gasteiger partial charge in [0.15, 0.2) is 0 Å². The molecule has 0 unspecified atom stereocenters. The summed E-state index contributed by atoms with van der Waals surface area (Å²) in [4.78, 5) is 9.93. The molecule has 0 saturated heterocycles. The first-order valence-corrected chi connectivity index (χ1v) is 4.58. The third-order valence-corrected chi connectivity index (χ3v) is 2.03. The molecular weight excluding hydrogens is 166 g/mol. The van der Waals surface area contributed by atoms with Gasteiger partial charge in [0, 0.05) is 12.3 Å². The highest BCUT2D eigenvalue weighted by atomic mass is 32.2. The van der Waals surface area contributed by atoms with Crippen molar-refractivity contribution in [3.63, 3.8) is 0 Å². The molecule has 0 saturated carbocycles. The molecule has 1 amide bonds. The van der Waals surface area contributed by atoms with E-state index in [0.29, 0.717) is 6.54 Å². The Balaban J connectivity index is 2.85. The van der Waals surface area contributed by atoms with Crippen molar-refractivity contribution in [3.05, 3.63) is 0 Å². The number of hydrogen-bond acceptors (Lipinski definition) is 3. The summed E-state index contributed by atoms with van der Waals surface area (Å²) < 4.78 is 0. The third-order valence-electron chi connectivity index (χ3n) is 0.977. The Morgan fingerprint density at radius 2 is 2.18 bits per heavy atom. The number of carboxylic acid groups (broad SMARTS) is 1. The van der Waals surface area contributed by atoms with Gasteiger partial charge in [0.25, 0.3) is 0 Å². The zero-order chi connectivity index (χ0) is 8.53. The van der Waals surface area contributed by atoms with E-state index in [2.05, 4.69) is 5.32 Å². The molecule has 0 rings (SSSR count). The summed E-state index contributed by atoms with van der Waals surface area (Å²) in [7, 11) is 0. The van der Waals surface area contributed by atoms with E-state index in [9.17, 15) is 4.79 Å². The first-order chi connectivity index (χ1) is 5.27. The van der Waals surface area contributed by atoms with Gasteiger partial charge >= 0.3 is 6.09 Å².